The van der Waals surface area contributed by atoms with Crippen LogP contribution in [0.25, 0.3) is 0 Å². The second-order valence-corrected chi connectivity index (χ2v) is 3.19. The monoisotopic (exact) mass is 243 g/mol. The Kier molecular flexibility index (Phi) is 2.56. The fourth-order valence-electron chi connectivity index (χ4n) is 1.34. The normalized spacial score (nSPS) is 17.4. The van der Waals surface area contributed by atoms with Crippen LogP contribution < -0.4 is 4.74 Å². The van der Waals surface area contributed by atoms with Gasteiger partial charge < -0.3 is 4.74 Å². The minimum Gasteiger partial charge on any atom is -0.496 e. The Balaban J connectivity index is 2.48. The van der Waals surface area contributed by atoms with E-state index in [1.165, 1.54) is 19.2 Å². The van der Waals surface area contributed by atoms with Crippen LogP contribution in [0.15, 0.2) is 38.9 Å². The molecule has 0 saturated carbocycles. The molecule has 1 heterocycles. The van der Waals surface area contributed by atoms with Crippen molar-refractivity contribution in [2.75, 3.05) is 7.11 Å². The molecule has 1 aromatic carbocycles. The van der Waals surface area contributed by atoms with Crippen LogP contribution in [0.4, 0.5) is 13.2 Å². The Morgan fingerprint density at radius 1 is 1.24 bits per heavy atom. The lowest BCUT2D eigenvalue weighted by atomic mass is 10.0. The van der Waals surface area contributed by atoms with E-state index in [1.807, 2.05) is 0 Å². The topological polar surface area (TPSA) is 58.7 Å². The van der Waals surface area contributed by atoms with Crippen molar-refractivity contribution in [3.05, 3.63) is 29.8 Å². The summed E-state index contributed by atoms with van der Waals surface area (Å²) in [4.78, 5) is 0. The van der Waals surface area contributed by atoms with Crippen LogP contribution in [0.1, 0.15) is 5.56 Å². The first-order valence-electron chi connectivity index (χ1n) is 4.46. The van der Waals surface area contributed by atoms with E-state index in [1.54, 1.807) is 0 Å². The molecule has 0 atom stereocenters. The van der Waals surface area contributed by atoms with Crippen molar-refractivity contribution >= 4 is 0 Å². The van der Waals surface area contributed by atoms with E-state index >= 15 is 0 Å². The maximum Gasteiger partial charge on any atom is 0.442 e. The number of hydrogen-bond acceptors (Lipinski definition) is 5. The Labute approximate surface area is 94.0 Å². The molecular formula is C9H6F3N4O. The van der Waals surface area contributed by atoms with Crippen LogP contribution in [0.2, 0.25) is 0 Å². The Morgan fingerprint density at radius 3 is 2.29 bits per heavy atom. The quantitative estimate of drug-likeness (QED) is 0.787. The summed E-state index contributed by atoms with van der Waals surface area (Å²) < 4.78 is 43.6. The highest BCUT2D eigenvalue weighted by Crippen LogP contribution is 2.46. The van der Waals surface area contributed by atoms with Gasteiger partial charge in [0.1, 0.15) is 5.75 Å². The second kappa shape index (κ2) is 3.79. The minimum absolute atomic E-state index is 0.212. The standard InChI is InChI=1S/C9H6F3N4O/c1-17-7-4-2-6(3-5-7)8(9(10,11)12)13-15-16-14-8/h2-4H,1H3. The number of benzene rings is 1. The fourth-order valence-corrected chi connectivity index (χ4v) is 1.34. The number of hydrogen-bond donors (Lipinski definition) is 0. The Bertz CT molecular complexity index is 454. The summed E-state index contributed by atoms with van der Waals surface area (Å²) in [6, 6.07) is 6.18. The second-order valence-electron chi connectivity index (χ2n) is 3.19. The van der Waals surface area contributed by atoms with Crippen molar-refractivity contribution in [2.45, 2.75) is 11.8 Å². The van der Waals surface area contributed by atoms with Gasteiger partial charge in [-0.05, 0) is 22.6 Å². The molecule has 89 valence electrons. The molecule has 1 aromatic rings. The van der Waals surface area contributed by atoms with Crippen LogP contribution >= 0.6 is 0 Å². The average molecular weight is 243 g/mol. The number of halogens is 3. The van der Waals surface area contributed by atoms with E-state index in [0.717, 1.165) is 6.07 Å². The zero-order chi connectivity index (χ0) is 12.5. The lowest BCUT2D eigenvalue weighted by molar-refractivity contribution is -0.187. The van der Waals surface area contributed by atoms with Crippen molar-refractivity contribution in [2.24, 2.45) is 20.7 Å². The summed E-state index contributed by atoms with van der Waals surface area (Å²) in [5.41, 5.74) is -2.97. The van der Waals surface area contributed by atoms with Gasteiger partial charge in [-0.2, -0.15) is 13.2 Å². The largest absolute Gasteiger partial charge is 0.496 e. The fraction of sp³-hybridized carbons (Fsp3) is 0.333. The summed E-state index contributed by atoms with van der Waals surface area (Å²) in [6.07, 6.45) is -4.71. The third-order valence-electron chi connectivity index (χ3n) is 2.22. The maximum atomic E-state index is 12.9. The third-order valence-corrected chi connectivity index (χ3v) is 2.22. The molecule has 0 saturated heterocycles. The van der Waals surface area contributed by atoms with E-state index in [4.69, 9.17) is 4.74 Å². The van der Waals surface area contributed by atoms with Crippen molar-refractivity contribution in [3.8, 4) is 5.75 Å². The molecule has 0 spiro atoms. The molecule has 0 unspecified atom stereocenters. The first kappa shape index (κ1) is 11.5. The number of nitrogens with zero attached hydrogens (tertiary/aromatic N) is 4. The van der Waals surface area contributed by atoms with Gasteiger partial charge in [0.25, 0.3) is 0 Å². The molecule has 0 N–H and O–H groups in total. The summed E-state index contributed by atoms with van der Waals surface area (Å²) >= 11 is 0. The highest BCUT2D eigenvalue weighted by atomic mass is 19.4. The lowest BCUT2D eigenvalue weighted by Crippen LogP contribution is -2.37. The van der Waals surface area contributed by atoms with Gasteiger partial charge >= 0.3 is 11.8 Å². The minimum atomic E-state index is -4.71. The molecule has 0 bridgehead atoms. The molecule has 1 aliphatic heterocycles. The molecule has 1 aliphatic rings. The number of rotatable bonds is 2. The molecule has 0 fully saturated rings. The predicted molar refractivity (Wildman–Crippen MR) is 49.3 cm³/mol. The highest BCUT2D eigenvalue weighted by Gasteiger charge is 2.60. The first-order chi connectivity index (χ1) is 7.99. The van der Waals surface area contributed by atoms with Gasteiger partial charge in [-0.3, -0.25) is 0 Å². The smallest absolute Gasteiger partial charge is 0.442 e. The molecule has 8 heteroatoms. The van der Waals surface area contributed by atoms with Gasteiger partial charge in [0, 0.05) is 11.6 Å². The highest BCUT2D eigenvalue weighted by molar-refractivity contribution is 5.32. The Morgan fingerprint density at radius 2 is 1.88 bits per heavy atom. The van der Waals surface area contributed by atoms with E-state index < -0.39 is 11.8 Å². The van der Waals surface area contributed by atoms with Gasteiger partial charge in [-0.15, -0.1) is 10.2 Å². The summed E-state index contributed by atoms with van der Waals surface area (Å²) in [5, 5.41) is 12.0. The lowest BCUT2D eigenvalue weighted by Gasteiger charge is -2.22. The van der Waals surface area contributed by atoms with Crippen molar-refractivity contribution in [1.29, 1.82) is 0 Å². The van der Waals surface area contributed by atoms with E-state index in [-0.39, 0.29) is 5.56 Å². The van der Waals surface area contributed by atoms with Gasteiger partial charge in [0.05, 0.1) is 7.11 Å². The van der Waals surface area contributed by atoms with Gasteiger partial charge in [-0.25, -0.2) is 0 Å². The van der Waals surface area contributed by atoms with Crippen LogP contribution in [-0.2, 0) is 5.66 Å². The zero-order valence-electron chi connectivity index (χ0n) is 8.56. The van der Waals surface area contributed by atoms with Gasteiger partial charge in [-0.1, -0.05) is 6.07 Å². The zero-order valence-corrected chi connectivity index (χ0v) is 8.56. The average Bonchev–Trinajstić information content (AvgIpc) is 2.79. The molecule has 0 aromatic heterocycles. The molecule has 1 radical (unpaired) electrons. The summed E-state index contributed by atoms with van der Waals surface area (Å²) in [6.45, 7) is 0. The molecule has 0 aliphatic carbocycles. The molecular weight excluding hydrogens is 237 g/mol. The van der Waals surface area contributed by atoms with Crippen LogP contribution in [-0.4, -0.2) is 13.3 Å². The number of ether oxygens (including phenoxy) is 1. The predicted octanol–water partition coefficient (Wildman–Crippen LogP) is 3.04. The maximum absolute atomic E-state index is 12.9. The summed E-state index contributed by atoms with van der Waals surface area (Å²) in [7, 11) is 1.39. The number of methoxy groups -OCH3 is 1. The van der Waals surface area contributed by atoms with Gasteiger partial charge in [0.2, 0.25) is 0 Å². The summed E-state index contributed by atoms with van der Waals surface area (Å²) in [5.74, 6) is 0.318. The third kappa shape index (κ3) is 1.75. The van der Waals surface area contributed by atoms with E-state index in [0.29, 0.717) is 5.75 Å². The van der Waals surface area contributed by atoms with Crippen LogP contribution in [0, 0.1) is 6.07 Å². The molecule has 0 amide bonds. The molecule has 2 rings (SSSR count). The first-order valence-corrected chi connectivity index (χ1v) is 4.46. The SMILES string of the molecule is COc1[c]cc(C2(C(F)(F)F)N=NN=N2)cc1. The van der Waals surface area contributed by atoms with Crippen molar-refractivity contribution in [1.82, 2.24) is 0 Å². The van der Waals surface area contributed by atoms with Crippen LogP contribution in [0.5, 0.6) is 5.75 Å². The van der Waals surface area contributed by atoms with Gasteiger partial charge in [0.15, 0.2) is 0 Å². The molecule has 17 heavy (non-hydrogen) atoms. The van der Waals surface area contributed by atoms with Crippen LogP contribution in [0.3, 0.4) is 0 Å². The van der Waals surface area contributed by atoms with E-state index in [2.05, 4.69) is 26.7 Å². The molecule has 5 nitrogen and oxygen atoms in total. The number of alkyl halides is 3. The van der Waals surface area contributed by atoms with E-state index in [9.17, 15) is 13.2 Å². The Hall–Kier alpha value is -1.99. The van der Waals surface area contributed by atoms with Crippen molar-refractivity contribution < 1.29 is 17.9 Å². The van der Waals surface area contributed by atoms with Crippen molar-refractivity contribution in [3.63, 3.8) is 0 Å².